The summed E-state index contributed by atoms with van der Waals surface area (Å²) in [6, 6.07) is 11.0. The van der Waals surface area contributed by atoms with E-state index in [0.29, 0.717) is 17.8 Å². The maximum atomic E-state index is 13.1. The minimum absolute atomic E-state index is 0.122. The van der Waals surface area contributed by atoms with Gasteiger partial charge in [-0.25, -0.2) is 0 Å². The van der Waals surface area contributed by atoms with E-state index in [0.717, 1.165) is 17.7 Å². The second-order valence-electron chi connectivity index (χ2n) is 7.23. The van der Waals surface area contributed by atoms with Crippen molar-refractivity contribution in [2.45, 2.75) is 19.6 Å². The zero-order valence-electron chi connectivity index (χ0n) is 16.8. The van der Waals surface area contributed by atoms with Gasteiger partial charge in [0.2, 0.25) is 0 Å². The first-order valence-electron chi connectivity index (χ1n) is 9.56. The van der Waals surface area contributed by atoms with Crippen LogP contribution in [0.25, 0.3) is 0 Å². The molecule has 0 atom stereocenters. The molecule has 2 heterocycles. The standard InChI is InChI=1S/C22H16F3N5O2/c1-13-2-3-14(10-15(13)11-26)20(31)28-18-12-27-30-9-8-29(21(32)19(18)30)17-6-4-16(5-7-17)22(23,24)25/h2-7,10,12H,8-9H2,1H3,(H,28,31). The van der Waals surface area contributed by atoms with Crippen molar-refractivity contribution in [1.82, 2.24) is 9.78 Å². The number of alkyl halides is 3. The molecule has 32 heavy (non-hydrogen) atoms. The van der Waals surface area contributed by atoms with Crippen LogP contribution in [0.1, 0.15) is 37.5 Å². The van der Waals surface area contributed by atoms with Gasteiger partial charge in [0.15, 0.2) is 0 Å². The van der Waals surface area contributed by atoms with Crippen molar-refractivity contribution >= 4 is 23.2 Å². The lowest BCUT2D eigenvalue weighted by atomic mass is 10.1. The summed E-state index contributed by atoms with van der Waals surface area (Å²) in [7, 11) is 0. The van der Waals surface area contributed by atoms with Gasteiger partial charge in [-0.2, -0.15) is 23.5 Å². The monoisotopic (exact) mass is 439 g/mol. The molecule has 4 rings (SSSR count). The number of anilines is 2. The van der Waals surface area contributed by atoms with Crippen LogP contribution in [-0.2, 0) is 12.7 Å². The molecule has 1 aliphatic heterocycles. The Morgan fingerprint density at radius 2 is 1.88 bits per heavy atom. The van der Waals surface area contributed by atoms with E-state index in [-0.39, 0.29) is 23.5 Å². The minimum Gasteiger partial charge on any atom is -0.319 e. The lowest BCUT2D eigenvalue weighted by Gasteiger charge is -2.28. The van der Waals surface area contributed by atoms with Gasteiger partial charge in [-0.1, -0.05) is 6.07 Å². The predicted octanol–water partition coefficient (Wildman–Crippen LogP) is 3.99. The van der Waals surface area contributed by atoms with Crippen molar-refractivity contribution in [2.75, 3.05) is 16.8 Å². The van der Waals surface area contributed by atoms with E-state index in [2.05, 4.69) is 10.4 Å². The van der Waals surface area contributed by atoms with Crippen LogP contribution in [0.3, 0.4) is 0 Å². The fourth-order valence-electron chi connectivity index (χ4n) is 3.45. The Morgan fingerprint density at radius 1 is 1.16 bits per heavy atom. The molecule has 1 N–H and O–H groups in total. The van der Waals surface area contributed by atoms with Crippen LogP contribution >= 0.6 is 0 Å². The van der Waals surface area contributed by atoms with E-state index in [1.807, 2.05) is 6.07 Å². The van der Waals surface area contributed by atoms with Crippen LogP contribution < -0.4 is 10.2 Å². The first-order valence-corrected chi connectivity index (χ1v) is 9.56. The van der Waals surface area contributed by atoms with Crippen molar-refractivity contribution in [3.63, 3.8) is 0 Å². The number of aromatic nitrogens is 2. The number of amides is 2. The number of nitrogens with zero attached hydrogens (tertiary/aromatic N) is 4. The van der Waals surface area contributed by atoms with Gasteiger partial charge >= 0.3 is 6.18 Å². The van der Waals surface area contributed by atoms with Gasteiger partial charge in [0.25, 0.3) is 11.8 Å². The van der Waals surface area contributed by atoms with Gasteiger partial charge in [0.1, 0.15) is 5.69 Å². The summed E-state index contributed by atoms with van der Waals surface area (Å²) in [6.45, 7) is 2.28. The smallest absolute Gasteiger partial charge is 0.319 e. The van der Waals surface area contributed by atoms with Crippen molar-refractivity contribution in [3.05, 3.63) is 76.6 Å². The van der Waals surface area contributed by atoms with Crippen molar-refractivity contribution < 1.29 is 22.8 Å². The SMILES string of the molecule is Cc1ccc(C(=O)Nc2cnn3c2C(=O)N(c2ccc(C(F)(F)F)cc2)CC3)cc1C#N. The van der Waals surface area contributed by atoms with Gasteiger partial charge in [-0.05, 0) is 48.9 Å². The van der Waals surface area contributed by atoms with Gasteiger partial charge < -0.3 is 10.2 Å². The van der Waals surface area contributed by atoms with Crippen LogP contribution in [0.5, 0.6) is 0 Å². The largest absolute Gasteiger partial charge is 0.416 e. The highest BCUT2D eigenvalue weighted by Gasteiger charge is 2.33. The van der Waals surface area contributed by atoms with Gasteiger partial charge in [-0.3, -0.25) is 14.3 Å². The summed E-state index contributed by atoms with van der Waals surface area (Å²) in [5, 5.41) is 15.9. The van der Waals surface area contributed by atoms with Gasteiger partial charge in [0, 0.05) is 17.8 Å². The molecule has 0 saturated heterocycles. The van der Waals surface area contributed by atoms with E-state index in [1.54, 1.807) is 19.1 Å². The third-order valence-corrected chi connectivity index (χ3v) is 5.20. The first kappa shape index (κ1) is 21.1. The Kier molecular flexibility index (Phi) is 5.18. The second kappa shape index (κ2) is 7.85. The zero-order chi connectivity index (χ0) is 23.0. The Morgan fingerprint density at radius 3 is 2.53 bits per heavy atom. The molecule has 10 heteroatoms. The minimum atomic E-state index is -4.47. The molecular formula is C22H16F3N5O2. The normalized spacial score (nSPS) is 13.5. The predicted molar refractivity (Wildman–Crippen MR) is 109 cm³/mol. The van der Waals surface area contributed by atoms with Crippen LogP contribution in [0.2, 0.25) is 0 Å². The Hall–Kier alpha value is -4.13. The number of benzene rings is 2. The number of carbonyl (C=O) groups is 2. The number of hydrogen-bond donors (Lipinski definition) is 1. The average Bonchev–Trinajstić information content (AvgIpc) is 3.17. The molecule has 2 aromatic carbocycles. The first-order chi connectivity index (χ1) is 15.2. The fraction of sp³-hybridized carbons (Fsp3) is 0.182. The fourth-order valence-corrected chi connectivity index (χ4v) is 3.45. The lowest BCUT2D eigenvalue weighted by Crippen LogP contribution is -2.41. The molecular weight excluding hydrogens is 423 g/mol. The quantitative estimate of drug-likeness (QED) is 0.668. The van der Waals surface area contributed by atoms with Gasteiger partial charge in [-0.15, -0.1) is 0 Å². The molecule has 0 spiro atoms. The van der Waals surface area contributed by atoms with E-state index < -0.39 is 23.6 Å². The molecule has 3 aromatic rings. The number of carbonyl (C=O) groups excluding carboxylic acids is 2. The summed E-state index contributed by atoms with van der Waals surface area (Å²) in [5.74, 6) is -1.01. The summed E-state index contributed by atoms with van der Waals surface area (Å²) >= 11 is 0. The van der Waals surface area contributed by atoms with Crippen LogP contribution in [0.4, 0.5) is 24.5 Å². The zero-order valence-corrected chi connectivity index (χ0v) is 16.8. The molecule has 1 aliphatic rings. The van der Waals surface area contributed by atoms with Crippen molar-refractivity contribution in [2.24, 2.45) is 0 Å². The Bertz CT molecular complexity index is 1260. The highest BCUT2D eigenvalue weighted by Crippen LogP contribution is 2.32. The maximum absolute atomic E-state index is 13.1. The lowest BCUT2D eigenvalue weighted by molar-refractivity contribution is -0.137. The molecule has 0 bridgehead atoms. The average molecular weight is 439 g/mol. The molecule has 0 saturated carbocycles. The van der Waals surface area contributed by atoms with E-state index in [1.165, 1.54) is 34.0 Å². The number of halogens is 3. The van der Waals surface area contributed by atoms with E-state index in [4.69, 9.17) is 5.26 Å². The summed E-state index contributed by atoms with van der Waals surface area (Å²) in [6.07, 6.45) is -3.12. The molecule has 2 amide bonds. The molecule has 1 aromatic heterocycles. The number of aryl methyl sites for hydroxylation is 1. The number of nitrogens with one attached hydrogen (secondary N) is 1. The Labute approximate surface area is 180 Å². The van der Waals surface area contributed by atoms with E-state index in [9.17, 15) is 22.8 Å². The van der Waals surface area contributed by atoms with Crippen molar-refractivity contribution in [1.29, 1.82) is 5.26 Å². The highest BCUT2D eigenvalue weighted by atomic mass is 19.4. The van der Waals surface area contributed by atoms with Crippen molar-refractivity contribution in [3.8, 4) is 6.07 Å². The van der Waals surface area contributed by atoms with Gasteiger partial charge in [0.05, 0.1) is 35.6 Å². The Balaban J connectivity index is 1.59. The molecule has 0 aliphatic carbocycles. The molecule has 0 radical (unpaired) electrons. The number of rotatable bonds is 3. The summed E-state index contributed by atoms with van der Waals surface area (Å²) in [4.78, 5) is 27.1. The highest BCUT2D eigenvalue weighted by molar-refractivity contribution is 6.13. The summed E-state index contributed by atoms with van der Waals surface area (Å²) in [5.41, 5.74) is 1.14. The maximum Gasteiger partial charge on any atom is 0.416 e. The van der Waals surface area contributed by atoms with Crippen LogP contribution in [-0.4, -0.2) is 28.1 Å². The molecule has 162 valence electrons. The second-order valence-corrected chi connectivity index (χ2v) is 7.23. The van der Waals surface area contributed by atoms with Crippen LogP contribution in [0, 0.1) is 18.3 Å². The number of fused-ring (bicyclic) bond motifs is 1. The molecule has 0 fully saturated rings. The van der Waals surface area contributed by atoms with Crippen LogP contribution in [0.15, 0.2) is 48.7 Å². The summed E-state index contributed by atoms with van der Waals surface area (Å²) < 4.78 is 39.9. The topological polar surface area (TPSA) is 91.0 Å². The molecule has 7 nitrogen and oxygen atoms in total. The number of nitriles is 1. The number of hydrogen-bond acceptors (Lipinski definition) is 4. The third-order valence-electron chi connectivity index (χ3n) is 5.20. The third kappa shape index (κ3) is 3.80. The molecule has 0 unspecified atom stereocenters. The van der Waals surface area contributed by atoms with E-state index >= 15 is 0 Å².